The van der Waals surface area contributed by atoms with Gasteiger partial charge in [0.05, 0.1) is 6.61 Å². The monoisotopic (exact) mass is 168 g/mol. The van der Waals surface area contributed by atoms with E-state index in [0.29, 0.717) is 0 Å². The highest BCUT2D eigenvalue weighted by Crippen LogP contribution is 1.82. The van der Waals surface area contributed by atoms with Crippen LogP contribution in [0, 0.1) is 0 Å². The molecule has 0 saturated heterocycles. The van der Waals surface area contributed by atoms with Gasteiger partial charge in [0, 0.05) is 0 Å². The van der Waals surface area contributed by atoms with Crippen LogP contribution in [0.1, 0.15) is 6.92 Å². The summed E-state index contributed by atoms with van der Waals surface area (Å²) in [6.45, 7) is 6.39. The van der Waals surface area contributed by atoms with Crippen molar-refractivity contribution in [2.45, 2.75) is 13.0 Å². The molecule has 0 fully saturated rings. The molecule has 0 aliphatic carbocycles. The van der Waals surface area contributed by atoms with Crippen molar-refractivity contribution in [3.05, 3.63) is 37.0 Å². The molecule has 0 amide bonds. The van der Waals surface area contributed by atoms with Crippen molar-refractivity contribution in [2.75, 3.05) is 6.61 Å². The van der Waals surface area contributed by atoms with Crippen LogP contribution in [0.25, 0.3) is 0 Å². The second-order valence-corrected chi connectivity index (χ2v) is 3.50. The molecule has 0 aromatic heterocycles. The zero-order valence-corrected chi connectivity index (χ0v) is 8.54. The molecule has 0 unspecified atom stereocenters. The van der Waals surface area contributed by atoms with Gasteiger partial charge < -0.3 is 4.43 Å². The summed E-state index contributed by atoms with van der Waals surface area (Å²) < 4.78 is 5.37. The highest BCUT2D eigenvalue weighted by molar-refractivity contribution is 6.27. The molecule has 62 valence electrons. The standard InChI is InChI=1S/C9H16OSi/c1-3-5-6-7-8-10-11-9-4-2/h3-7H,2,8-9,11H2,1H3/b5-3+,7-6+. The van der Waals surface area contributed by atoms with E-state index in [1.165, 1.54) is 0 Å². The fraction of sp³-hybridized carbons (Fsp3) is 0.333. The fourth-order valence-corrected chi connectivity index (χ4v) is 1.20. The Balaban J connectivity index is 3.06. The maximum Gasteiger partial charge on any atom is 0.165 e. The van der Waals surface area contributed by atoms with E-state index in [1.54, 1.807) is 0 Å². The van der Waals surface area contributed by atoms with Gasteiger partial charge in [0.25, 0.3) is 0 Å². The molecule has 0 bridgehead atoms. The number of hydrogen-bond donors (Lipinski definition) is 0. The zero-order valence-electron chi connectivity index (χ0n) is 7.12. The summed E-state index contributed by atoms with van der Waals surface area (Å²) in [6.07, 6.45) is 9.94. The molecule has 0 rings (SSSR count). The van der Waals surface area contributed by atoms with Gasteiger partial charge in [-0.2, -0.15) is 0 Å². The minimum Gasteiger partial charge on any atom is -0.420 e. The lowest BCUT2D eigenvalue weighted by molar-refractivity contribution is 0.386. The summed E-state index contributed by atoms with van der Waals surface area (Å²) >= 11 is 0. The third-order valence-corrected chi connectivity index (χ3v) is 2.29. The quantitative estimate of drug-likeness (QED) is 0.254. The average molecular weight is 168 g/mol. The van der Waals surface area contributed by atoms with Crippen LogP contribution in [0.3, 0.4) is 0 Å². The summed E-state index contributed by atoms with van der Waals surface area (Å²) in [5, 5.41) is 0. The van der Waals surface area contributed by atoms with E-state index in [9.17, 15) is 0 Å². The van der Waals surface area contributed by atoms with E-state index in [1.807, 2.05) is 37.3 Å². The molecule has 2 heteroatoms. The number of hydrogen-bond acceptors (Lipinski definition) is 1. The molecule has 0 spiro atoms. The number of rotatable bonds is 6. The third kappa shape index (κ3) is 9.40. The van der Waals surface area contributed by atoms with Crippen LogP contribution in [-0.2, 0) is 4.43 Å². The van der Waals surface area contributed by atoms with Crippen LogP contribution in [0.4, 0.5) is 0 Å². The van der Waals surface area contributed by atoms with Crippen LogP contribution in [0.5, 0.6) is 0 Å². The Labute approximate surface area is 71.4 Å². The van der Waals surface area contributed by atoms with Gasteiger partial charge in [0.15, 0.2) is 9.76 Å². The lowest BCUT2D eigenvalue weighted by atomic mass is 10.4. The minimum absolute atomic E-state index is 0.316. The molecule has 11 heavy (non-hydrogen) atoms. The lowest BCUT2D eigenvalue weighted by Gasteiger charge is -1.94. The van der Waals surface area contributed by atoms with E-state index in [0.717, 1.165) is 12.7 Å². The van der Waals surface area contributed by atoms with Crippen LogP contribution >= 0.6 is 0 Å². The first-order chi connectivity index (χ1) is 5.41. The molecule has 0 atom stereocenters. The maximum atomic E-state index is 5.37. The van der Waals surface area contributed by atoms with Crippen LogP contribution in [0.15, 0.2) is 37.0 Å². The Morgan fingerprint density at radius 1 is 1.45 bits per heavy atom. The van der Waals surface area contributed by atoms with Crippen molar-refractivity contribution in [3.63, 3.8) is 0 Å². The van der Waals surface area contributed by atoms with Gasteiger partial charge in [-0.25, -0.2) is 0 Å². The molecule has 0 radical (unpaired) electrons. The minimum atomic E-state index is -0.316. The molecular weight excluding hydrogens is 152 g/mol. The highest BCUT2D eigenvalue weighted by atomic mass is 28.2. The largest absolute Gasteiger partial charge is 0.420 e. The van der Waals surface area contributed by atoms with Crippen molar-refractivity contribution < 1.29 is 4.43 Å². The predicted molar refractivity (Wildman–Crippen MR) is 53.5 cm³/mol. The normalized spacial score (nSPS) is 12.5. The van der Waals surface area contributed by atoms with Gasteiger partial charge in [-0.3, -0.25) is 0 Å². The maximum absolute atomic E-state index is 5.37. The summed E-state index contributed by atoms with van der Waals surface area (Å²) in [5.41, 5.74) is 0. The molecule has 0 aliphatic heterocycles. The Morgan fingerprint density at radius 2 is 2.27 bits per heavy atom. The van der Waals surface area contributed by atoms with Crippen LogP contribution in [-0.4, -0.2) is 16.4 Å². The van der Waals surface area contributed by atoms with E-state index in [-0.39, 0.29) is 9.76 Å². The molecular formula is C9H16OSi. The Kier molecular flexibility index (Phi) is 8.88. The van der Waals surface area contributed by atoms with Crippen molar-refractivity contribution in [1.82, 2.24) is 0 Å². The summed E-state index contributed by atoms with van der Waals surface area (Å²) in [6, 6.07) is 1.07. The first-order valence-electron chi connectivity index (χ1n) is 3.88. The first-order valence-corrected chi connectivity index (χ1v) is 5.46. The van der Waals surface area contributed by atoms with Crippen molar-refractivity contribution in [1.29, 1.82) is 0 Å². The molecule has 0 aromatic rings. The Bertz CT molecular complexity index is 138. The van der Waals surface area contributed by atoms with Crippen molar-refractivity contribution in [3.8, 4) is 0 Å². The topological polar surface area (TPSA) is 9.23 Å². The second kappa shape index (κ2) is 9.40. The summed E-state index contributed by atoms with van der Waals surface area (Å²) in [4.78, 5) is 0. The average Bonchev–Trinajstić information content (AvgIpc) is 2.03. The molecule has 0 saturated carbocycles. The van der Waals surface area contributed by atoms with Crippen molar-refractivity contribution in [2.24, 2.45) is 0 Å². The lowest BCUT2D eigenvalue weighted by Crippen LogP contribution is -1.95. The Morgan fingerprint density at radius 3 is 2.91 bits per heavy atom. The Hall–Kier alpha value is -0.603. The van der Waals surface area contributed by atoms with Gasteiger partial charge in [0.2, 0.25) is 0 Å². The van der Waals surface area contributed by atoms with Crippen LogP contribution in [0.2, 0.25) is 6.04 Å². The molecule has 0 heterocycles. The fourth-order valence-electron chi connectivity index (χ4n) is 0.563. The van der Waals surface area contributed by atoms with Gasteiger partial charge in [-0.1, -0.05) is 30.4 Å². The van der Waals surface area contributed by atoms with Gasteiger partial charge in [-0.15, -0.1) is 6.58 Å². The van der Waals surface area contributed by atoms with Gasteiger partial charge in [0.1, 0.15) is 0 Å². The van der Waals surface area contributed by atoms with E-state index in [2.05, 4.69) is 6.58 Å². The van der Waals surface area contributed by atoms with Crippen molar-refractivity contribution >= 4 is 9.76 Å². The molecule has 0 aliphatic rings. The van der Waals surface area contributed by atoms with E-state index < -0.39 is 0 Å². The zero-order chi connectivity index (χ0) is 8.36. The highest BCUT2D eigenvalue weighted by Gasteiger charge is 1.80. The molecule has 1 nitrogen and oxygen atoms in total. The third-order valence-electron chi connectivity index (χ3n) is 1.12. The van der Waals surface area contributed by atoms with Crippen LogP contribution < -0.4 is 0 Å². The molecule has 0 aromatic carbocycles. The summed E-state index contributed by atoms with van der Waals surface area (Å²) in [5.74, 6) is 0. The van der Waals surface area contributed by atoms with Gasteiger partial charge >= 0.3 is 0 Å². The molecule has 0 N–H and O–H groups in total. The SMILES string of the molecule is C=CC[SiH2]OC/C=C/C=C/C. The van der Waals surface area contributed by atoms with E-state index in [4.69, 9.17) is 4.43 Å². The van der Waals surface area contributed by atoms with E-state index >= 15 is 0 Å². The summed E-state index contributed by atoms with van der Waals surface area (Å²) in [7, 11) is -0.316. The first kappa shape index (κ1) is 10.4. The second-order valence-electron chi connectivity index (χ2n) is 2.11. The number of allylic oxidation sites excluding steroid dienone is 4. The smallest absolute Gasteiger partial charge is 0.165 e. The predicted octanol–water partition coefficient (Wildman–Crippen LogP) is 1.82. The van der Waals surface area contributed by atoms with Gasteiger partial charge in [-0.05, 0) is 13.0 Å².